The third kappa shape index (κ3) is 2.04. The summed E-state index contributed by atoms with van der Waals surface area (Å²) in [5, 5.41) is 15.4. The summed E-state index contributed by atoms with van der Waals surface area (Å²) in [6.07, 6.45) is 0. The first-order chi connectivity index (χ1) is 12.9. The molecule has 8 heteroatoms. The number of hydrogen-bond acceptors (Lipinski definition) is 8. The van der Waals surface area contributed by atoms with E-state index < -0.39 is 0 Å². The van der Waals surface area contributed by atoms with Crippen molar-refractivity contribution in [3.8, 4) is 20.9 Å². The van der Waals surface area contributed by atoms with Gasteiger partial charge in [-0.25, -0.2) is 0 Å². The highest BCUT2D eigenvalue weighted by Gasteiger charge is 2.19. The minimum absolute atomic E-state index is 0.971. The third-order valence-electron chi connectivity index (χ3n) is 4.42. The Morgan fingerprint density at radius 1 is 0.654 bits per heavy atom. The number of fused-ring (bicyclic) bond motifs is 5. The molecule has 0 saturated carbocycles. The van der Waals surface area contributed by atoms with Gasteiger partial charge in [-0.3, -0.25) is 0 Å². The third-order valence-corrected chi connectivity index (χ3v) is 7.74. The van der Waals surface area contributed by atoms with Gasteiger partial charge in [0, 0.05) is 31.7 Å². The summed E-state index contributed by atoms with van der Waals surface area (Å²) < 4.78 is 10.8. The van der Waals surface area contributed by atoms with Crippen LogP contribution in [0, 0.1) is 0 Å². The highest BCUT2D eigenvalue weighted by atomic mass is 32.1. The van der Waals surface area contributed by atoms with E-state index in [-0.39, 0.29) is 0 Å². The normalized spacial score (nSPS) is 11.8. The summed E-state index contributed by atoms with van der Waals surface area (Å²) in [6, 6.07) is 12.9. The van der Waals surface area contributed by atoms with Crippen molar-refractivity contribution in [2.75, 3.05) is 0 Å². The van der Waals surface area contributed by atoms with Crippen LogP contribution in [-0.2, 0) is 0 Å². The molecule has 0 saturated heterocycles. The molecule has 124 valence electrons. The minimum Gasteiger partial charge on any atom is -0.144 e. The van der Waals surface area contributed by atoms with Gasteiger partial charge in [-0.1, -0.05) is 21.1 Å². The fourth-order valence-electron chi connectivity index (χ4n) is 3.28. The molecule has 6 rings (SSSR count). The average Bonchev–Trinajstić information content (AvgIpc) is 3.48. The summed E-state index contributed by atoms with van der Waals surface area (Å²) in [4.78, 5) is 2.41. The monoisotopic (exact) mass is 408 g/mol. The van der Waals surface area contributed by atoms with E-state index in [1.165, 1.54) is 43.6 Å². The molecule has 0 bridgehead atoms. The van der Waals surface area contributed by atoms with E-state index in [1.807, 2.05) is 0 Å². The molecule has 0 N–H and O–H groups in total. The highest BCUT2D eigenvalue weighted by Crippen LogP contribution is 2.43. The molecule has 0 atom stereocenters. The Hall–Kier alpha value is -2.26. The Bertz CT molecular complexity index is 1270. The molecule has 4 aromatic heterocycles. The predicted molar refractivity (Wildman–Crippen MR) is 113 cm³/mol. The molecule has 0 amide bonds. The minimum atomic E-state index is 0.971. The van der Waals surface area contributed by atoms with Gasteiger partial charge < -0.3 is 0 Å². The van der Waals surface area contributed by atoms with Crippen LogP contribution in [0.2, 0.25) is 0 Å². The first kappa shape index (κ1) is 14.9. The first-order valence-corrected chi connectivity index (χ1v) is 11.1. The zero-order valence-electron chi connectivity index (χ0n) is 13.0. The van der Waals surface area contributed by atoms with E-state index >= 15 is 0 Å². The van der Waals surface area contributed by atoms with Crippen LogP contribution in [0.5, 0.6) is 0 Å². The van der Waals surface area contributed by atoms with Crippen LogP contribution in [0.3, 0.4) is 0 Å². The van der Waals surface area contributed by atoms with Crippen LogP contribution in [-0.4, -0.2) is 19.2 Å². The van der Waals surface area contributed by atoms with E-state index in [0.29, 0.717) is 0 Å². The standard InChI is InChI=1S/C18H8N4S4/c1-3-13(23-5-1)11-7-9-10(17-15(11)19-21-25-17)8-12(14-4-2-6-24-14)16-18(9)26-22-20-16/h1-8H. The summed E-state index contributed by atoms with van der Waals surface area (Å²) >= 11 is 6.36. The van der Waals surface area contributed by atoms with Crippen molar-refractivity contribution in [2.24, 2.45) is 0 Å². The quantitative estimate of drug-likeness (QED) is 0.337. The van der Waals surface area contributed by atoms with Crippen LogP contribution in [0.1, 0.15) is 0 Å². The molecule has 0 aliphatic rings. The predicted octanol–water partition coefficient (Wildman–Crippen LogP) is 6.31. The molecule has 0 aliphatic carbocycles. The fraction of sp³-hybridized carbons (Fsp3) is 0. The van der Waals surface area contributed by atoms with Gasteiger partial charge in [0.1, 0.15) is 11.0 Å². The number of benzene rings is 2. The molecule has 0 spiro atoms. The number of nitrogens with zero attached hydrogens (tertiary/aromatic N) is 4. The first-order valence-electron chi connectivity index (χ1n) is 7.82. The lowest BCUT2D eigenvalue weighted by Gasteiger charge is -2.07. The van der Waals surface area contributed by atoms with Crippen LogP contribution >= 0.6 is 45.7 Å². The molecule has 2 aromatic carbocycles. The lowest BCUT2D eigenvalue weighted by atomic mass is 10.0. The van der Waals surface area contributed by atoms with Crippen LogP contribution in [0.4, 0.5) is 0 Å². The van der Waals surface area contributed by atoms with Gasteiger partial charge >= 0.3 is 0 Å². The molecule has 4 nitrogen and oxygen atoms in total. The topological polar surface area (TPSA) is 51.6 Å². The lowest BCUT2D eigenvalue weighted by molar-refractivity contribution is 1.20. The number of hydrogen-bond donors (Lipinski definition) is 0. The maximum absolute atomic E-state index is 4.43. The molecule has 0 aliphatic heterocycles. The second-order valence-electron chi connectivity index (χ2n) is 5.80. The molecule has 0 fully saturated rings. The fourth-order valence-corrected chi connectivity index (χ4v) is 6.19. The Kier molecular flexibility index (Phi) is 3.21. The maximum atomic E-state index is 4.43. The van der Waals surface area contributed by atoms with Gasteiger partial charge in [0.2, 0.25) is 0 Å². The largest absolute Gasteiger partial charge is 0.144 e. The molecular weight excluding hydrogens is 400 g/mol. The summed E-state index contributed by atoms with van der Waals surface area (Å²) in [7, 11) is 0. The number of rotatable bonds is 2. The Balaban J connectivity index is 1.82. The van der Waals surface area contributed by atoms with Gasteiger partial charge in [0.15, 0.2) is 0 Å². The van der Waals surface area contributed by atoms with E-state index in [2.05, 4.69) is 66.3 Å². The smallest absolute Gasteiger partial charge is 0.115 e. The average molecular weight is 409 g/mol. The zero-order valence-corrected chi connectivity index (χ0v) is 16.3. The summed E-state index contributed by atoms with van der Waals surface area (Å²) in [5.74, 6) is 0. The Morgan fingerprint density at radius 2 is 1.15 bits per heavy atom. The van der Waals surface area contributed by atoms with Crippen LogP contribution in [0.25, 0.3) is 52.1 Å². The second kappa shape index (κ2) is 5.62. The Morgan fingerprint density at radius 3 is 1.58 bits per heavy atom. The van der Waals surface area contributed by atoms with E-state index in [9.17, 15) is 0 Å². The molecule has 26 heavy (non-hydrogen) atoms. The Labute approximate surface area is 163 Å². The van der Waals surface area contributed by atoms with Gasteiger partial charge in [0.25, 0.3) is 0 Å². The second-order valence-corrected chi connectivity index (χ2v) is 9.20. The molecule has 6 aromatic rings. The van der Waals surface area contributed by atoms with Crippen LogP contribution in [0.15, 0.2) is 47.2 Å². The van der Waals surface area contributed by atoms with E-state index in [0.717, 1.165) is 31.6 Å². The van der Waals surface area contributed by atoms with Gasteiger partial charge in [-0.15, -0.1) is 32.9 Å². The van der Waals surface area contributed by atoms with Crippen molar-refractivity contribution in [1.82, 2.24) is 19.2 Å². The SMILES string of the molecule is c1csc(-c2cc3c(cc(-c4cccs4)c4nnsc43)c3snnc23)c1. The van der Waals surface area contributed by atoms with Crippen molar-refractivity contribution < 1.29 is 0 Å². The lowest BCUT2D eigenvalue weighted by Crippen LogP contribution is -1.84. The van der Waals surface area contributed by atoms with E-state index in [4.69, 9.17) is 0 Å². The van der Waals surface area contributed by atoms with Crippen molar-refractivity contribution in [2.45, 2.75) is 0 Å². The molecule has 4 heterocycles. The summed E-state index contributed by atoms with van der Waals surface area (Å²) in [6.45, 7) is 0. The van der Waals surface area contributed by atoms with Crippen molar-refractivity contribution >= 4 is 76.9 Å². The maximum Gasteiger partial charge on any atom is 0.115 e. The van der Waals surface area contributed by atoms with Gasteiger partial charge in [-0.05, 0) is 58.1 Å². The van der Waals surface area contributed by atoms with Gasteiger partial charge in [-0.2, -0.15) is 0 Å². The van der Waals surface area contributed by atoms with E-state index in [1.54, 1.807) is 22.7 Å². The summed E-state index contributed by atoms with van der Waals surface area (Å²) in [5.41, 5.74) is 4.21. The zero-order chi connectivity index (χ0) is 17.1. The van der Waals surface area contributed by atoms with Crippen molar-refractivity contribution in [3.05, 3.63) is 47.2 Å². The molecular formula is C18H8N4S4. The molecule has 0 unspecified atom stereocenters. The number of aromatic nitrogens is 4. The number of thiophene rings is 2. The molecule has 0 radical (unpaired) electrons. The van der Waals surface area contributed by atoms with Crippen molar-refractivity contribution in [3.63, 3.8) is 0 Å². The van der Waals surface area contributed by atoms with Crippen molar-refractivity contribution in [1.29, 1.82) is 0 Å². The van der Waals surface area contributed by atoms with Gasteiger partial charge in [0.05, 0.1) is 9.40 Å². The van der Waals surface area contributed by atoms with Crippen LogP contribution < -0.4 is 0 Å². The highest BCUT2D eigenvalue weighted by molar-refractivity contribution is 7.16.